The number of benzene rings is 2. The predicted octanol–water partition coefficient (Wildman–Crippen LogP) is 14.9. The molecule has 6 aliphatic rings. The van der Waals surface area contributed by atoms with Crippen LogP contribution >= 0.6 is 74.5 Å². The maximum Gasteiger partial charge on any atom is 0.471 e. The van der Waals surface area contributed by atoms with Gasteiger partial charge in [-0.05, 0) is 276 Å². The van der Waals surface area contributed by atoms with Gasteiger partial charge in [-0.25, -0.2) is 4.57 Å². The van der Waals surface area contributed by atoms with Gasteiger partial charge < -0.3 is 104 Å². The quantitative estimate of drug-likeness (QED) is 0.0278. The lowest BCUT2D eigenvalue weighted by atomic mass is 9.55. The molecule has 696 valence electrons. The monoisotopic (exact) mass is 1870 g/mol. The molecule has 4 fully saturated rings. The van der Waals surface area contributed by atoms with E-state index in [-0.39, 0.29) is 49.5 Å². The minimum absolute atomic E-state index is 0.0240. The minimum Gasteiger partial charge on any atom is -0.790 e. The molecule has 2 aromatic carbocycles. The number of halogens is 6. The van der Waals surface area contributed by atoms with Crippen molar-refractivity contribution in [1.29, 1.82) is 0 Å². The van der Waals surface area contributed by atoms with Gasteiger partial charge in [0.25, 0.3) is 7.82 Å². The van der Waals surface area contributed by atoms with E-state index in [4.69, 9.17) is 46.9 Å². The highest BCUT2D eigenvalue weighted by molar-refractivity contribution is 8.77. The van der Waals surface area contributed by atoms with Gasteiger partial charge in [-0.2, -0.15) is 26.3 Å². The molecule has 2 aromatic rings. The molecule has 0 saturated heterocycles. The molecule has 8 rings (SSSR count). The zero-order chi connectivity index (χ0) is 88.1. The van der Waals surface area contributed by atoms with E-state index in [0.717, 1.165) is 192 Å². The van der Waals surface area contributed by atoms with Crippen LogP contribution in [0.25, 0.3) is 0 Å². The van der Waals surface area contributed by atoms with Gasteiger partial charge in [0.1, 0.15) is 24.7 Å². The molecule has 1 N–H and O–H groups in total. The summed E-state index contributed by atoms with van der Waals surface area (Å²) in [5, 5.41) is 0. The Hall–Kier alpha value is -0.860. The number of aryl methyl sites for hydroxylation is 2. The highest BCUT2D eigenvalue weighted by atomic mass is 33.1. The van der Waals surface area contributed by atoms with Crippen molar-refractivity contribution in [2.45, 2.75) is 218 Å². The standard InChI is InChI=1S/2C40H68F3NO12P2S2/c2*1-38(2,40(41,42)43)54-22-8-21-53-37-15-14-36-35-12-10-31-27-32(11-13-33(31)34(35)16-17-39(36,37)3)52-23-19-44(4)18-7-25-59-60-26-24-51-20-6-9-30(28-55-57(45,46)47)29-56-58(48,49)50-5/h2*11,13,27,30,34-37H,6-10,12,14-26,28-29H2,1-5H3,(H,48,49)(H2,45,46,47)/p-5. The van der Waals surface area contributed by atoms with Crippen molar-refractivity contribution in [2.24, 2.45) is 46.3 Å². The van der Waals surface area contributed by atoms with Crippen LogP contribution in [0.2, 0.25) is 0 Å². The van der Waals surface area contributed by atoms with Crippen LogP contribution in [-0.2, 0) is 86.7 Å². The zero-order valence-corrected chi connectivity index (χ0v) is 78.2. The van der Waals surface area contributed by atoms with E-state index in [9.17, 15) is 74.0 Å². The number of hydrogen-bond acceptors (Lipinski definition) is 29. The summed E-state index contributed by atoms with van der Waals surface area (Å²) in [6.07, 6.45) is 9.26. The van der Waals surface area contributed by atoms with Crippen molar-refractivity contribution in [3.63, 3.8) is 0 Å². The number of phosphoric acid groups is 4. The fourth-order valence-electron chi connectivity index (χ4n) is 17.7. The van der Waals surface area contributed by atoms with Crippen LogP contribution < -0.4 is 33.9 Å². The molecule has 0 heterocycles. The van der Waals surface area contributed by atoms with Gasteiger partial charge in [-0.3, -0.25) is 13.6 Å². The molecule has 14 unspecified atom stereocenters. The molecule has 0 spiro atoms. The van der Waals surface area contributed by atoms with Crippen LogP contribution in [0.5, 0.6) is 11.5 Å². The Kier molecular flexibility index (Phi) is 44.7. The number of rotatable bonds is 58. The van der Waals surface area contributed by atoms with Gasteiger partial charge in [0.05, 0.1) is 67.5 Å². The molecule has 14 atom stereocenters. The van der Waals surface area contributed by atoms with Crippen LogP contribution in [0, 0.1) is 46.3 Å². The molecular weight excluding hydrogens is 1740 g/mol. The largest absolute Gasteiger partial charge is 0.790 e. The smallest absolute Gasteiger partial charge is 0.471 e. The van der Waals surface area contributed by atoms with Crippen LogP contribution in [0.4, 0.5) is 26.3 Å². The second kappa shape index (κ2) is 50.5. The summed E-state index contributed by atoms with van der Waals surface area (Å²) >= 11 is 0. The molecule has 0 aliphatic heterocycles. The van der Waals surface area contributed by atoms with Crippen LogP contribution in [0.3, 0.4) is 0 Å². The maximum atomic E-state index is 13.1. The number of hydrogen-bond donors (Lipinski definition) is 1. The first kappa shape index (κ1) is 106. The molecule has 40 heteroatoms. The number of phosphoric ester groups is 4. The molecule has 0 aromatic heterocycles. The summed E-state index contributed by atoms with van der Waals surface area (Å²) in [6, 6.07) is 13.3. The van der Waals surface area contributed by atoms with Crippen LogP contribution in [-0.4, -0.2) is 220 Å². The summed E-state index contributed by atoms with van der Waals surface area (Å²) in [5.74, 6) is 7.67. The molecule has 6 aliphatic carbocycles. The Morgan fingerprint density at radius 1 is 0.483 bits per heavy atom. The summed E-state index contributed by atoms with van der Waals surface area (Å²) in [7, 11) is -5.90. The van der Waals surface area contributed by atoms with E-state index in [2.05, 4.69) is 92.2 Å². The van der Waals surface area contributed by atoms with Crippen molar-refractivity contribution in [1.82, 2.24) is 9.80 Å². The van der Waals surface area contributed by atoms with E-state index >= 15 is 0 Å². The van der Waals surface area contributed by atoms with Crippen LogP contribution in [0.15, 0.2) is 36.4 Å². The number of fused-ring (bicyclic) bond motifs is 10. The van der Waals surface area contributed by atoms with Gasteiger partial charge in [0, 0.05) is 102 Å². The van der Waals surface area contributed by atoms with Gasteiger partial charge in [0.15, 0.2) is 11.2 Å². The van der Waals surface area contributed by atoms with Crippen molar-refractivity contribution >= 4 is 74.5 Å². The van der Waals surface area contributed by atoms with Gasteiger partial charge in [-0.15, -0.1) is 0 Å². The molecule has 0 radical (unpaired) electrons. The Labute approximate surface area is 723 Å². The highest BCUT2D eigenvalue weighted by Gasteiger charge is 2.57. The Morgan fingerprint density at radius 2 is 0.883 bits per heavy atom. The Bertz CT molecular complexity index is 3310. The molecular formula is C80H131F6N2O24P4S4-5. The fraction of sp³-hybridized carbons (Fsp3) is 0.850. The first-order valence-corrected chi connectivity index (χ1v) is 52.9. The normalized spacial score (nSPS) is 24.8. The maximum absolute atomic E-state index is 13.1. The Balaban J connectivity index is 0.000000331. The molecule has 0 amide bonds. The van der Waals surface area contributed by atoms with Crippen molar-refractivity contribution < 1.29 is 139 Å². The van der Waals surface area contributed by atoms with Gasteiger partial charge >= 0.3 is 20.2 Å². The third-order valence-corrected chi connectivity index (χ3v) is 32.4. The number of likely N-dealkylation sites (N-methyl/N-ethyl adjacent to an activating group) is 2. The SMILES string of the molecule is COP(=O)(O)OCC(CCCOCCSSCCCN(C)CCOc1ccc2c(c1)CCC1C2CCC2(C)C(OCCCOC(C)(C)C(F)(F)F)CCC12)COP(=O)([O-])[O-].COP(=O)([O-])OCC(CCCOCCSSCCCN(C)CCOc1ccc2c(c1)CCC1C2CCC2(C)C(OCCCOC(C)(C)C(F)(F)F)CCC12)COP(=O)([O-])[O-]. The number of ether oxygens (including phenoxy) is 8. The van der Waals surface area contributed by atoms with E-state index in [0.29, 0.717) is 127 Å². The molecule has 0 bridgehead atoms. The Morgan fingerprint density at radius 3 is 1.27 bits per heavy atom. The lowest BCUT2D eigenvalue weighted by Gasteiger charge is -2.50. The van der Waals surface area contributed by atoms with Crippen LogP contribution in [0.1, 0.15) is 191 Å². The average molecular weight is 1870 g/mol. The lowest BCUT2D eigenvalue weighted by molar-refractivity contribution is -0.344. The second-order valence-electron chi connectivity index (χ2n) is 33.8. The predicted molar refractivity (Wildman–Crippen MR) is 446 cm³/mol. The first-order valence-electron chi connectivity index (χ1n) is 42.0. The summed E-state index contributed by atoms with van der Waals surface area (Å²) in [6.45, 7) is 14.9. The van der Waals surface area contributed by atoms with Gasteiger partial charge in [-0.1, -0.05) is 69.2 Å². The number of alkyl halides is 6. The van der Waals surface area contributed by atoms with E-state index in [1.807, 2.05) is 0 Å². The fourth-order valence-corrected chi connectivity index (χ4v) is 23.3. The zero-order valence-electron chi connectivity index (χ0n) is 71.4. The topological polar surface area (TPSA) is 340 Å². The van der Waals surface area contributed by atoms with Crippen molar-refractivity contribution in [3.05, 3.63) is 58.7 Å². The second-order valence-corrected chi connectivity index (χ2v) is 44.6. The third kappa shape index (κ3) is 35.4. The average Bonchev–Trinajstić information content (AvgIpc) is 1.35. The third-order valence-electron chi connectivity index (χ3n) is 24.7. The van der Waals surface area contributed by atoms with Crippen molar-refractivity contribution in [3.8, 4) is 11.5 Å². The summed E-state index contributed by atoms with van der Waals surface area (Å²) < 4.78 is 197. The minimum atomic E-state index is -5.20. The number of nitrogens with zero attached hydrogens (tertiary/aromatic N) is 2. The van der Waals surface area contributed by atoms with Gasteiger partial charge in [0.2, 0.25) is 0 Å². The molecule has 4 saturated carbocycles. The van der Waals surface area contributed by atoms with E-state index in [1.54, 1.807) is 43.2 Å². The van der Waals surface area contributed by atoms with E-state index in [1.165, 1.54) is 22.3 Å². The summed E-state index contributed by atoms with van der Waals surface area (Å²) in [4.78, 5) is 68.7. The summed E-state index contributed by atoms with van der Waals surface area (Å²) in [5.41, 5.74) is 1.62. The molecule has 120 heavy (non-hydrogen) atoms. The first-order chi connectivity index (χ1) is 56.5. The molecule has 26 nitrogen and oxygen atoms in total. The highest BCUT2D eigenvalue weighted by Crippen LogP contribution is 2.64. The van der Waals surface area contributed by atoms with Crippen molar-refractivity contribution in [2.75, 3.05) is 170 Å². The lowest BCUT2D eigenvalue weighted by Crippen LogP contribution is -2.45. The van der Waals surface area contributed by atoms with E-state index < -0.39 is 79.9 Å².